The number of aliphatic hydroxyl groups is 1. The highest BCUT2D eigenvalue weighted by Gasteiger charge is 2.46. The second-order valence-corrected chi connectivity index (χ2v) is 9.15. The Balaban J connectivity index is 1.68. The number of hydrogen-bond acceptors (Lipinski definition) is 6. The van der Waals surface area contributed by atoms with E-state index in [2.05, 4.69) is 4.90 Å². The molecule has 2 heterocycles. The highest BCUT2D eigenvalue weighted by Crippen LogP contribution is 2.41. The molecule has 0 bridgehead atoms. The SMILES string of the molecule is CCCOc1ccc(C(O)=C2C(=O)C(=O)N(CCCN3CCOCC3)C2c2ccccc2F)c(C)c1. The van der Waals surface area contributed by atoms with E-state index in [0.29, 0.717) is 43.1 Å². The van der Waals surface area contributed by atoms with Crippen LogP contribution in [0, 0.1) is 12.7 Å². The fourth-order valence-corrected chi connectivity index (χ4v) is 4.78. The van der Waals surface area contributed by atoms with Gasteiger partial charge in [-0.15, -0.1) is 0 Å². The molecule has 0 saturated carbocycles. The summed E-state index contributed by atoms with van der Waals surface area (Å²) in [5.74, 6) is -1.73. The maximum Gasteiger partial charge on any atom is 0.295 e. The van der Waals surface area contributed by atoms with Crippen LogP contribution in [0.1, 0.15) is 42.5 Å². The molecule has 2 fully saturated rings. The Morgan fingerprint density at radius 1 is 1.14 bits per heavy atom. The molecule has 2 aromatic carbocycles. The van der Waals surface area contributed by atoms with Gasteiger partial charge in [-0.3, -0.25) is 14.5 Å². The molecule has 2 saturated heterocycles. The van der Waals surface area contributed by atoms with Crippen molar-refractivity contribution in [2.75, 3.05) is 46.0 Å². The fraction of sp³-hybridized carbons (Fsp3) is 0.429. The quantitative estimate of drug-likeness (QED) is 0.320. The maximum atomic E-state index is 15.0. The molecule has 1 atom stereocenters. The highest BCUT2D eigenvalue weighted by molar-refractivity contribution is 6.46. The summed E-state index contributed by atoms with van der Waals surface area (Å²) in [4.78, 5) is 30.0. The Bertz CT molecular complexity index is 1140. The van der Waals surface area contributed by atoms with Gasteiger partial charge in [0.1, 0.15) is 17.3 Å². The maximum absolute atomic E-state index is 15.0. The number of Topliss-reactive ketones (excluding diaryl/α,β-unsaturated/α-hetero) is 1. The number of carbonyl (C=O) groups is 2. The predicted octanol–water partition coefficient (Wildman–Crippen LogP) is 4.07. The van der Waals surface area contributed by atoms with Crippen molar-refractivity contribution in [3.63, 3.8) is 0 Å². The number of likely N-dealkylation sites (tertiary alicyclic amines) is 1. The van der Waals surface area contributed by atoms with Crippen molar-refractivity contribution in [2.45, 2.75) is 32.7 Å². The number of halogens is 1. The van der Waals surface area contributed by atoms with E-state index in [4.69, 9.17) is 9.47 Å². The highest BCUT2D eigenvalue weighted by atomic mass is 19.1. The zero-order valence-corrected chi connectivity index (χ0v) is 20.8. The zero-order chi connectivity index (χ0) is 25.7. The molecule has 2 aliphatic rings. The summed E-state index contributed by atoms with van der Waals surface area (Å²) < 4.78 is 26.0. The van der Waals surface area contributed by atoms with Crippen LogP contribution in [-0.2, 0) is 14.3 Å². The first kappa shape index (κ1) is 25.9. The van der Waals surface area contributed by atoms with Crippen LogP contribution < -0.4 is 4.74 Å². The third-order valence-corrected chi connectivity index (χ3v) is 6.64. The minimum atomic E-state index is -1.01. The molecule has 2 aliphatic heterocycles. The van der Waals surface area contributed by atoms with E-state index in [-0.39, 0.29) is 23.4 Å². The van der Waals surface area contributed by atoms with E-state index in [9.17, 15) is 19.1 Å². The van der Waals surface area contributed by atoms with Gasteiger partial charge in [0.15, 0.2) is 0 Å². The number of carbonyl (C=O) groups excluding carboxylic acids is 2. The molecule has 2 aromatic rings. The van der Waals surface area contributed by atoms with Crippen LogP contribution >= 0.6 is 0 Å². The van der Waals surface area contributed by atoms with Gasteiger partial charge in [-0.25, -0.2) is 4.39 Å². The van der Waals surface area contributed by atoms with Crippen molar-refractivity contribution in [3.05, 3.63) is 70.5 Å². The molecule has 1 unspecified atom stereocenters. The van der Waals surface area contributed by atoms with Crippen molar-refractivity contribution < 1.29 is 28.6 Å². The second-order valence-electron chi connectivity index (χ2n) is 9.15. The van der Waals surface area contributed by atoms with Crippen molar-refractivity contribution in [1.29, 1.82) is 0 Å². The average Bonchev–Trinajstić information content (AvgIpc) is 3.13. The van der Waals surface area contributed by atoms with Gasteiger partial charge in [0, 0.05) is 37.3 Å². The summed E-state index contributed by atoms with van der Waals surface area (Å²) in [7, 11) is 0. The third-order valence-electron chi connectivity index (χ3n) is 6.64. The lowest BCUT2D eigenvalue weighted by Gasteiger charge is -2.29. The standard InChI is InChI=1S/C28H33FN2O5/c1-3-15-36-20-9-10-21(19(2)18-20)26(32)24-25(22-7-4-5-8-23(22)29)31(28(34)27(24)33)12-6-11-30-13-16-35-17-14-30/h4-5,7-10,18,25,32H,3,6,11-17H2,1-2H3. The summed E-state index contributed by atoms with van der Waals surface area (Å²) in [6.45, 7) is 8.32. The second kappa shape index (κ2) is 11.7. The van der Waals surface area contributed by atoms with Crippen LogP contribution in [0.2, 0.25) is 0 Å². The molecule has 0 radical (unpaired) electrons. The third kappa shape index (κ3) is 5.44. The van der Waals surface area contributed by atoms with Crippen LogP contribution in [0.15, 0.2) is 48.0 Å². The zero-order valence-electron chi connectivity index (χ0n) is 20.8. The van der Waals surface area contributed by atoms with Gasteiger partial charge < -0.3 is 19.5 Å². The molecule has 4 rings (SSSR count). The van der Waals surface area contributed by atoms with Crippen LogP contribution in [0.4, 0.5) is 4.39 Å². The minimum absolute atomic E-state index is 0.0956. The molecule has 0 spiro atoms. The minimum Gasteiger partial charge on any atom is -0.507 e. The number of ketones is 1. The van der Waals surface area contributed by atoms with Crippen LogP contribution in [0.25, 0.3) is 5.76 Å². The molecule has 7 nitrogen and oxygen atoms in total. The lowest BCUT2D eigenvalue weighted by Crippen LogP contribution is -2.39. The largest absolute Gasteiger partial charge is 0.507 e. The molecule has 1 amide bonds. The number of amides is 1. The summed E-state index contributed by atoms with van der Waals surface area (Å²) in [6, 6.07) is 10.2. The van der Waals surface area contributed by atoms with E-state index < -0.39 is 23.5 Å². The molecule has 8 heteroatoms. The van der Waals surface area contributed by atoms with Crippen LogP contribution in [-0.4, -0.2) is 72.6 Å². The molecule has 0 aliphatic carbocycles. The molecule has 1 N–H and O–H groups in total. The van der Waals surface area contributed by atoms with Gasteiger partial charge in [-0.05, 0) is 49.6 Å². The number of hydrogen-bond donors (Lipinski definition) is 1. The van der Waals surface area contributed by atoms with Gasteiger partial charge in [0.25, 0.3) is 11.7 Å². The molecular weight excluding hydrogens is 463 g/mol. The van der Waals surface area contributed by atoms with Gasteiger partial charge in [-0.1, -0.05) is 25.1 Å². The number of aliphatic hydroxyl groups excluding tert-OH is 1. The number of benzene rings is 2. The molecule has 36 heavy (non-hydrogen) atoms. The smallest absolute Gasteiger partial charge is 0.295 e. The van der Waals surface area contributed by atoms with Crippen molar-refractivity contribution in [1.82, 2.24) is 9.80 Å². The molecular formula is C28H33FN2O5. The van der Waals surface area contributed by atoms with E-state index >= 15 is 0 Å². The first-order valence-electron chi connectivity index (χ1n) is 12.5. The summed E-state index contributed by atoms with van der Waals surface area (Å²) in [5, 5.41) is 11.3. The molecule has 0 aromatic heterocycles. The van der Waals surface area contributed by atoms with Gasteiger partial charge in [0.2, 0.25) is 0 Å². The first-order valence-corrected chi connectivity index (χ1v) is 12.5. The fourth-order valence-electron chi connectivity index (χ4n) is 4.78. The number of morpholine rings is 1. The summed E-state index contributed by atoms with van der Waals surface area (Å²) in [5.41, 5.74) is 1.19. The Hall–Kier alpha value is -3.23. The van der Waals surface area contributed by atoms with E-state index in [1.165, 1.54) is 11.0 Å². The number of rotatable bonds is 9. The summed E-state index contributed by atoms with van der Waals surface area (Å²) >= 11 is 0. The summed E-state index contributed by atoms with van der Waals surface area (Å²) in [6.07, 6.45) is 1.47. The normalized spacial score (nSPS) is 20.2. The lowest BCUT2D eigenvalue weighted by atomic mass is 9.93. The van der Waals surface area contributed by atoms with E-state index in [0.717, 1.165) is 26.1 Å². The Kier molecular flexibility index (Phi) is 8.38. The molecule has 192 valence electrons. The topological polar surface area (TPSA) is 79.3 Å². The van der Waals surface area contributed by atoms with Crippen LogP contribution in [0.3, 0.4) is 0 Å². The van der Waals surface area contributed by atoms with E-state index in [1.54, 1.807) is 43.3 Å². The monoisotopic (exact) mass is 496 g/mol. The number of nitrogens with zero attached hydrogens (tertiary/aromatic N) is 2. The Labute approximate surface area is 211 Å². The number of aryl methyl sites for hydroxylation is 1. The average molecular weight is 497 g/mol. The number of ether oxygens (including phenoxy) is 2. The first-order chi connectivity index (χ1) is 17.4. The Morgan fingerprint density at radius 2 is 1.89 bits per heavy atom. The van der Waals surface area contributed by atoms with Crippen molar-refractivity contribution >= 4 is 17.4 Å². The van der Waals surface area contributed by atoms with Gasteiger partial charge >= 0.3 is 0 Å². The predicted molar refractivity (Wildman–Crippen MR) is 134 cm³/mol. The van der Waals surface area contributed by atoms with Crippen molar-refractivity contribution in [3.8, 4) is 5.75 Å². The van der Waals surface area contributed by atoms with Gasteiger partial charge in [0.05, 0.1) is 31.4 Å². The van der Waals surface area contributed by atoms with Crippen molar-refractivity contribution in [2.24, 2.45) is 0 Å². The lowest BCUT2D eigenvalue weighted by molar-refractivity contribution is -0.140. The Morgan fingerprint density at radius 3 is 2.58 bits per heavy atom. The van der Waals surface area contributed by atoms with E-state index in [1.807, 2.05) is 6.92 Å². The van der Waals surface area contributed by atoms with Gasteiger partial charge in [-0.2, -0.15) is 0 Å². The van der Waals surface area contributed by atoms with Crippen LogP contribution in [0.5, 0.6) is 5.75 Å².